The Labute approximate surface area is 203 Å². The van der Waals surface area contributed by atoms with Gasteiger partial charge < -0.3 is 24.3 Å². The van der Waals surface area contributed by atoms with Gasteiger partial charge in [-0.3, -0.25) is 9.59 Å². The summed E-state index contributed by atoms with van der Waals surface area (Å²) in [6, 6.07) is 12.7. The number of hydrogen-bond donors (Lipinski definition) is 1. The Morgan fingerprint density at radius 1 is 1.15 bits per heavy atom. The molecule has 1 aliphatic rings. The monoisotopic (exact) mass is 480 g/mol. The van der Waals surface area contributed by atoms with Crippen LogP contribution in [0.2, 0.25) is 0 Å². The van der Waals surface area contributed by atoms with Crippen LogP contribution in [0.4, 0.5) is 5.69 Å². The van der Waals surface area contributed by atoms with E-state index in [9.17, 15) is 9.59 Å². The molecule has 1 atom stereocenters. The molecule has 1 fully saturated rings. The molecule has 2 amide bonds. The minimum Gasteiger partial charge on any atom is -0.497 e. The van der Waals surface area contributed by atoms with E-state index in [-0.39, 0.29) is 23.6 Å². The lowest BCUT2D eigenvalue weighted by Gasteiger charge is -2.26. The number of methoxy groups -OCH3 is 2. The molecule has 9 heteroatoms. The Kier molecular flexibility index (Phi) is 7.42. The van der Waals surface area contributed by atoms with E-state index < -0.39 is 0 Å². The highest BCUT2D eigenvalue weighted by atomic mass is 32.2. The molecule has 178 valence electrons. The molecule has 1 aliphatic heterocycles. The molecule has 1 saturated heterocycles. The van der Waals surface area contributed by atoms with Crippen LogP contribution in [0.1, 0.15) is 34.8 Å². The minimum absolute atomic E-state index is 0.0383. The van der Waals surface area contributed by atoms with E-state index in [1.807, 2.05) is 40.9 Å². The molecule has 0 bridgehead atoms. The SMILES string of the molecule is COc1ccc(C2CCCN2C(=O)c2ccc(NC(=O)CSc3nccn3C)cc2)c(OC)c1. The first kappa shape index (κ1) is 23.7. The second-order valence-corrected chi connectivity index (χ2v) is 8.94. The fourth-order valence-electron chi connectivity index (χ4n) is 4.11. The maximum atomic E-state index is 13.3. The zero-order chi connectivity index (χ0) is 24.1. The lowest BCUT2D eigenvalue weighted by molar-refractivity contribution is -0.113. The molecule has 0 radical (unpaired) electrons. The number of ether oxygens (including phenoxy) is 2. The van der Waals surface area contributed by atoms with Crippen LogP contribution in [0.25, 0.3) is 0 Å². The second-order valence-electron chi connectivity index (χ2n) is 8.00. The van der Waals surface area contributed by atoms with Gasteiger partial charge in [0.25, 0.3) is 5.91 Å². The van der Waals surface area contributed by atoms with E-state index in [2.05, 4.69) is 10.3 Å². The Balaban J connectivity index is 1.41. The predicted molar refractivity (Wildman–Crippen MR) is 132 cm³/mol. The highest BCUT2D eigenvalue weighted by Gasteiger charge is 2.32. The molecular formula is C25H28N4O4S. The van der Waals surface area contributed by atoms with E-state index in [0.717, 1.165) is 23.6 Å². The molecule has 4 rings (SSSR count). The second kappa shape index (κ2) is 10.6. The van der Waals surface area contributed by atoms with Crippen LogP contribution in [0.5, 0.6) is 11.5 Å². The van der Waals surface area contributed by atoms with Gasteiger partial charge in [0.15, 0.2) is 5.16 Å². The number of imidazole rings is 1. The topological polar surface area (TPSA) is 85.7 Å². The third-order valence-corrected chi connectivity index (χ3v) is 6.90. The highest BCUT2D eigenvalue weighted by Crippen LogP contribution is 2.39. The van der Waals surface area contributed by atoms with Crippen LogP contribution in [0, 0.1) is 0 Å². The zero-order valence-corrected chi connectivity index (χ0v) is 20.3. The number of carbonyl (C=O) groups excluding carboxylic acids is 2. The lowest BCUT2D eigenvalue weighted by atomic mass is 10.0. The number of rotatable bonds is 8. The smallest absolute Gasteiger partial charge is 0.254 e. The van der Waals surface area contributed by atoms with E-state index in [0.29, 0.717) is 29.3 Å². The van der Waals surface area contributed by atoms with Crippen LogP contribution in [-0.2, 0) is 11.8 Å². The van der Waals surface area contributed by atoms with Gasteiger partial charge in [0.2, 0.25) is 5.91 Å². The maximum absolute atomic E-state index is 13.3. The molecule has 0 saturated carbocycles. The normalized spacial score (nSPS) is 15.3. The van der Waals surface area contributed by atoms with Gasteiger partial charge in [0, 0.05) is 48.9 Å². The Hall–Kier alpha value is -3.46. The van der Waals surface area contributed by atoms with Crippen LogP contribution in [0.3, 0.4) is 0 Å². The molecule has 0 aliphatic carbocycles. The van der Waals surface area contributed by atoms with E-state index in [4.69, 9.17) is 9.47 Å². The van der Waals surface area contributed by atoms with Gasteiger partial charge in [-0.1, -0.05) is 11.8 Å². The van der Waals surface area contributed by atoms with Crippen molar-refractivity contribution in [2.75, 3.05) is 31.8 Å². The fraction of sp³-hybridized carbons (Fsp3) is 0.320. The number of nitrogens with one attached hydrogen (secondary N) is 1. The van der Waals surface area contributed by atoms with Crippen LogP contribution < -0.4 is 14.8 Å². The van der Waals surface area contributed by atoms with Gasteiger partial charge >= 0.3 is 0 Å². The zero-order valence-electron chi connectivity index (χ0n) is 19.5. The summed E-state index contributed by atoms with van der Waals surface area (Å²) in [5.74, 6) is 1.52. The van der Waals surface area contributed by atoms with Gasteiger partial charge in [-0.15, -0.1) is 0 Å². The first-order chi connectivity index (χ1) is 16.5. The Morgan fingerprint density at radius 3 is 2.62 bits per heavy atom. The van der Waals surface area contributed by atoms with E-state index in [1.54, 1.807) is 44.7 Å². The number of benzene rings is 2. The summed E-state index contributed by atoms with van der Waals surface area (Å²) in [5, 5.41) is 3.65. The first-order valence-electron chi connectivity index (χ1n) is 11.0. The number of amides is 2. The number of anilines is 1. The highest BCUT2D eigenvalue weighted by molar-refractivity contribution is 7.99. The molecule has 3 aromatic rings. The van der Waals surface area contributed by atoms with Crippen molar-refractivity contribution in [2.45, 2.75) is 24.0 Å². The summed E-state index contributed by atoms with van der Waals surface area (Å²) >= 11 is 1.37. The predicted octanol–water partition coefficient (Wildman–Crippen LogP) is 4.15. The minimum atomic E-state index is -0.127. The largest absolute Gasteiger partial charge is 0.497 e. The molecule has 1 N–H and O–H groups in total. The van der Waals surface area contributed by atoms with Gasteiger partial charge in [-0.2, -0.15) is 0 Å². The van der Waals surface area contributed by atoms with Gasteiger partial charge in [0.05, 0.1) is 26.0 Å². The molecule has 2 aromatic carbocycles. The number of hydrogen-bond acceptors (Lipinski definition) is 6. The van der Waals surface area contributed by atoms with Crippen molar-refractivity contribution in [1.82, 2.24) is 14.5 Å². The number of aryl methyl sites for hydroxylation is 1. The van der Waals surface area contributed by atoms with Gasteiger partial charge in [0.1, 0.15) is 11.5 Å². The standard InChI is InChI=1S/C25H28N4O4S/c1-28-14-12-26-25(28)34-16-23(30)27-18-8-6-17(7-9-18)24(31)29-13-4-5-21(29)20-11-10-19(32-2)15-22(20)33-3/h6-12,14-15,21H,4-5,13,16H2,1-3H3,(H,27,30). The van der Waals surface area contributed by atoms with Gasteiger partial charge in [-0.05, 0) is 49.2 Å². The molecule has 34 heavy (non-hydrogen) atoms. The lowest BCUT2D eigenvalue weighted by Crippen LogP contribution is -2.30. The quantitative estimate of drug-likeness (QED) is 0.488. The molecular weight excluding hydrogens is 452 g/mol. The number of likely N-dealkylation sites (tertiary alicyclic amines) is 1. The van der Waals surface area contributed by atoms with Crippen molar-refractivity contribution < 1.29 is 19.1 Å². The average molecular weight is 481 g/mol. The van der Waals surface area contributed by atoms with E-state index in [1.165, 1.54) is 11.8 Å². The molecule has 1 unspecified atom stereocenters. The van der Waals surface area contributed by atoms with Gasteiger partial charge in [-0.25, -0.2) is 4.98 Å². The van der Waals surface area contributed by atoms with Crippen LogP contribution in [-0.4, -0.2) is 52.8 Å². The summed E-state index contributed by atoms with van der Waals surface area (Å²) in [7, 11) is 5.13. The molecule has 0 spiro atoms. The Bertz CT molecular complexity index is 1160. The summed E-state index contributed by atoms with van der Waals surface area (Å²) in [6.07, 6.45) is 5.33. The maximum Gasteiger partial charge on any atom is 0.254 e. The third-order valence-electron chi connectivity index (χ3n) is 5.84. The van der Waals surface area contributed by atoms with E-state index >= 15 is 0 Å². The van der Waals surface area contributed by atoms with Crippen LogP contribution >= 0.6 is 11.8 Å². The van der Waals surface area contributed by atoms with Crippen molar-refractivity contribution in [3.63, 3.8) is 0 Å². The fourth-order valence-corrected chi connectivity index (χ4v) is 4.84. The summed E-state index contributed by atoms with van der Waals surface area (Å²) in [5.41, 5.74) is 2.21. The number of carbonyl (C=O) groups is 2. The van der Waals surface area contributed by atoms with Crippen molar-refractivity contribution in [2.24, 2.45) is 7.05 Å². The first-order valence-corrected chi connectivity index (χ1v) is 12.0. The number of nitrogens with zero attached hydrogens (tertiary/aromatic N) is 3. The van der Waals surface area contributed by atoms with Crippen molar-refractivity contribution in [1.29, 1.82) is 0 Å². The molecule has 1 aromatic heterocycles. The number of aromatic nitrogens is 2. The third kappa shape index (κ3) is 5.20. The number of thioether (sulfide) groups is 1. The molecule has 8 nitrogen and oxygen atoms in total. The summed E-state index contributed by atoms with van der Waals surface area (Å²) in [4.78, 5) is 31.7. The average Bonchev–Trinajstić information content (AvgIpc) is 3.51. The summed E-state index contributed by atoms with van der Waals surface area (Å²) in [6.45, 7) is 0.682. The van der Waals surface area contributed by atoms with Crippen molar-refractivity contribution >= 4 is 29.3 Å². The van der Waals surface area contributed by atoms with Crippen molar-refractivity contribution in [3.05, 3.63) is 66.0 Å². The van der Waals surface area contributed by atoms with Crippen molar-refractivity contribution in [3.8, 4) is 11.5 Å². The Morgan fingerprint density at radius 2 is 1.94 bits per heavy atom. The molecule has 2 heterocycles. The summed E-state index contributed by atoms with van der Waals surface area (Å²) < 4.78 is 12.7. The van der Waals surface area contributed by atoms with Crippen LogP contribution in [0.15, 0.2) is 60.0 Å².